The molecule has 1 heterocycles. The Kier molecular flexibility index (Phi) is 5.73. The molecule has 0 bridgehead atoms. The maximum absolute atomic E-state index is 11.6. The second-order valence-corrected chi connectivity index (χ2v) is 4.86. The molecule has 0 aliphatic rings. The number of carbonyl (C=O) groups is 1. The third-order valence-corrected chi connectivity index (χ3v) is 2.60. The first-order chi connectivity index (χ1) is 7.63. The molecule has 1 aromatic heterocycles. The predicted octanol–water partition coefficient (Wildman–Crippen LogP) is 1.87. The lowest BCUT2D eigenvalue weighted by Crippen LogP contribution is -2.31. The van der Waals surface area contributed by atoms with Crippen molar-refractivity contribution in [2.24, 2.45) is 0 Å². The predicted molar refractivity (Wildman–Crippen MR) is 66.2 cm³/mol. The summed E-state index contributed by atoms with van der Waals surface area (Å²) in [7, 11) is 1.61. The minimum absolute atomic E-state index is 0.0914. The number of methoxy groups -OCH3 is 1. The van der Waals surface area contributed by atoms with Crippen molar-refractivity contribution in [1.29, 1.82) is 0 Å². The van der Waals surface area contributed by atoms with Crippen molar-refractivity contribution in [3.63, 3.8) is 0 Å². The fourth-order valence-electron chi connectivity index (χ4n) is 1.04. The van der Waals surface area contributed by atoms with E-state index in [1.807, 2.05) is 0 Å². The van der Waals surface area contributed by atoms with Crippen molar-refractivity contribution < 1.29 is 9.53 Å². The van der Waals surface area contributed by atoms with E-state index in [1.165, 1.54) is 6.20 Å². The van der Waals surface area contributed by atoms with Gasteiger partial charge in [-0.2, -0.15) is 0 Å². The number of nitrogens with zero attached hydrogens (tertiary/aromatic N) is 1. The number of aromatic nitrogens is 1. The van der Waals surface area contributed by atoms with Crippen LogP contribution in [0, 0.1) is 0 Å². The molecular weight excluding hydrogens is 295 g/mol. The van der Waals surface area contributed by atoms with Gasteiger partial charge >= 0.3 is 0 Å². The van der Waals surface area contributed by atoms with E-state index in [-0.39, 0.29) is 10.7 Å². The summed E-state index contributed by atoms with van der Waals surface area (Å²) in [6, 6.07) is 3.21. The van der Waals surface area contributed by atoms with E-state index in [1.54, 1.807) is 19.2 Å². The van der Waals surface area contributed by atoms with Gasteiger partial charge in [0, 0.05) is 19.9 Å². The average Bonchev–Trinajstić information content (AvgIpc) is 2.27. The van der Waals surface area contributed by atoms with Crippen LogP contribution in [0.3, 0.4) is 0 Å². The SMILES string of the molecule is COCC(Br)CNC(=O)c1ccc(Cl)cn1. The Labute approximate surface area is 107 Å². The normalized spacial score (nSPS) is 12.2. The second-order valence-electron chi connectivity index (χ2n) is 3.12. The van der Waals surface area contributed by atoms with Crippen LogP contribution in [0.2, 0.25) is 5.02 Å². The molecule has 0 aromatic carbocycles. The molecule has 1 rings (SSSR count). The summed E-state index contributed by atoms with van der Waals surface area (Å²) in [6.07, 6.45) is 1.44. The highest BCUT2D eigenvalue weighted by Gasteiger charge is 2.09. The molecular formula is C10H12BrClN2O2. The molecule has 4 nitrogen and oxygen atoms in total. The molecule has 16 heavy (non-hydrogen) atoms. The molecule has 1 N–H and O–H groups in total. The van der Waals surface area contributed by atoms with E-state index in [4.69, 9.17) is 16.3 Å². The number of amides is 1. The lowest BCUT2D eigenvalue weighted by atomic mass is 10.3. The van der Waals surface area contributed by atoms with Crippen LogP contribution < -0.4 is 5.32 Å². The molecule has 0 aliphatic carbocycles. The second kappa shape index (κ2) is 6.83. The number of ether oxygens (including phenoxy) is 1. The smallest absolute Gasteiger partial charge is 0.269 e. The number of rotatable bonds is 5. The Bertz CT molecular complexity index is 345. The summed E-state index contributed by atoms with van der Waals surface area (Å²) in [4.78, 5) is 15.6. The van der Waals surface area contributed by atoms with Crippen LogP contribution in [-0.4, -0.2) is 36.0 Å². The molecule has 1 unspecified atom stereocenters. The molecule has 0 radical (unpaired) electrons. The van der Waals surface area contributed by atoms with Crippen molar-refractivity contribution in [3.05, 3.63) is 29.0 Å². The lowest BCUT2D eigenvalue weighted by molar-refractivity contribution is 0.0945. The van der Waals surface area contributed by atoms with E-state index < -0.39 is 0 Å². The van der Waals surface area contributed by atoms with Gasteiger partial charge in [-0.05, 0) is 12.1 Å². The van der Waals surface area contributed by atoms with Gasteiger partial charge < -0.3 is 10.1 Å². The van der Waals surface area contributed by atoms with Gasteiger partial charge in [-0.3, -0.25) is 4.79 Å². The van der Waals surface area contributed by atoms with Crippen molar-refractivity contribution in [2.75, 3.05) is 20.3 Å². The highest BCUT2D eigenvalue weighted by atomic mass is 79.9. The van der Waals surface area contributed by atoms with Gasteiger partial charge in [0.2, 0.25) is 0 Å². The Morgan fingerprint density at radius 1 is 1.69 bits per heavy atom. The van der Waals surface area contributed by atoms with Crippen LogP contribution in [0.1, 0.15) is 10.5 Å². The summed E-state index contributed by atoms with van der Waals surface area (Å²) in [5.41, 5.74) is 0.349. The Balaban J connectivity index is 2.43. The number of hydrogen-bond acceptors (Lipinski definition) is 3. The van der Waals surface area contributed by atoms with E-state index in [9.17, 15) is 4.79 Å². The fraction of sp³-hybridized carbons (Fsp3) is 0.400. The zero-order chi connectivity index (χ0) is 12.0. The van der Waals surface area contributed by atoms with Crippen LogP contribution >= 0.6 is 27.5 Å². The molecule has 0 fully saturated rings. The van der Waals surface area contributed by atoms with Crippen LogP contribution in [0.4, 0.5) is 0 Å². The van der Waals surface area contributed by atoms with E-state index in [0.29, 0.717) is 23.9 Å². The zero-order valence-electron chi connectivity index (χ0n) is 8.74. The van der Waals surface area contributed by atoms with Gasteiger partial charge in [0.05, 0.1) is 16.5 Å². The first kappa shape index (κ1) is 13.4. The third-order valence-electron chi connectivity index (χ3n) is 1.79. The first-order valence-corrected chi connectivity index (χ1v) is 5.95. The average molecular weight is 308 g/mol. The Hall–Kier alpha value is -0.650. The molecule has 6 heteroatoms. The molecule has 0 saturated carbocycles. The molecule has 1 aromatic rings. The van der Waals surface area contributed by atoms with Crippen LogP contribution in [-0.2, 0) is 4.74 Å². The minimum atomic E-state index is -0.225. The quantitative estimate of drug-likeness (QED) is 0.845. The topological polar surface area (TPSA) is 51.2 Å². The number of pyridine rings is 1. The molecule has 0 saturated heterocycles. The maximum atomic E-state index is 11.6. The molecule has 88 valence electrons. The van der Waals surface area contributed by atoms with Gasteiger partial charge in [-0.15, -0.1) is 0 Å². The minimum Gasteiger partial charge on any atom is -0.383 e. The largest absolute Gasteiger partial charge is 0.383 e. The van der Waals surface area contributed by atoms with E-state index >= 15 is 0 Å². The van der Waals surface area contributed by atoms with Gasteiger partial charge in [-0.1, -0.05) is 27.5 Å². The number of hydrogen-bond donors (Lipinski definition) is 1. The summed E-state index contributed by atoms with van der Waals surface area (Å²) >= 11 is 9.04. The molecule has 1 amide bonds. The highest BCUT2D eigenvalue weighted by molar-refractivity contribution is 9.09. The Morgan fingerprint density at radius 3 is 3.00 bits per heavy atom. The van der Waals surface area contributed by atoms with Crippen LogP contribution in [0.15, 0.2) is 18.3 Å². The summed E-state index contributed by atoms with van der Waals surface area (Å²) < 4.78 is 4.93. The molecule has 0 aliphatic heterocycles. The fourth-order valence-corrected chi connectivity index (χ4v) is 1.58. The highest BCUT2D eigenvalue weighted by Crippen LogP contribution is 2.06. The van der Waals surface area contributed by atoms with Gasteiger partial charge in [0.1, 0.15) is 5.69 Å². The van der Waals surface area contributed by atoms with Crippen LogP contribution in [0.5, 0.6) is 0 Å². The maximum Gasteiger partial charge on any atom is 0.269 e. The molecule has 1 atom stereocenters. The summed E-state index contributed by atoms with van der Waals surface area (Å²) in [5, 5.41) is 3.24. The third kappa shape index (κ3) is 4.47. The monoisotopic (exact) mass is 306 g/mol. The molecule has 0 spiro atoms. The Morgan fingerprint density at radius 2 is 2.44 bits per heavy atom. The van der Waals surface area contributed by atoms with Gasteiger partial charge in [-0.25, -0.2) is 4.98 Å². The summed E-state index contributed by atoms with van der Waals surface area (Å²) in [5.74, 6) is -0.225. The van der Waals surface area contributed by atoms with Crippen LogP contribution in [0.25, 0.3) is 0 Å². The van der Waals surface area contributed by atoms with Gasteiger partial charge in [0.25, 0.3) is 5.91 Å². The van der Waals surface area contributed by atoms with Crippen molar-refractivity contribution in [3.8, 4) is 0 Å². The van der Waals surface area contributed by atoms with Gasteiger partial charge in [0.15, 0.2) is 0 Å². The van der Waals surface area contributed by atoms with Crippen molar-refractivity contribution in [2.45, 2.75) is 4.83 Å². The first-order valence-electron chi connectivity index (χ1n) is 4.66. The number of carbonyl (C=O) groups excluding carboxylic acids is 1. The zero-order valence-corrected chi connectivity index (χ0v) is 11.1. The van der Waals surface area contributed by atoms with Crippen molar-refractivity contribution >= 4 is 33.4 Å². The number of halogens is 2. The standard InChI is InChI=1S/C10H12BrClN2O2/c1-16-6-7(11)4-14-10(15)9-3-2-8(12)5-13-9/h2-3,5,7H,4,6H2,1H3,(H,14,15). The van der Waals surface area contributed by atoms with E-state index in [2.05, 4.69) is 26.2 Å². The van der Waals surface area contributed by atoms with Crippen molar-refractivity contribution in [1.82, 2.24) is 10.3 Å². The number of alkyl halides is 1. The lowest BCUT2D eigenvalue weighted by Gasteiger charge is -2.09. The summed E-state index contributed by atoms with van der Waals surface area (Å²) in [6.45, 7) is 1.02. The number of nitrogens with one attached hydrogen (secondary N) is 1. The van der Waals surface area contributed by atoms with E-state index in [0.717, 1.165) is 0 Å².